The molecule has 0 unspecified atom stereocenters. The molecule has 140 valence electrons. The van der Waals surface area contributed by atoms with Gasteiger partial charge < -0.3 is 9.47 Å². The predicted molar refractivity (Wildman–Crippen MR) is 87.0 cm³/mol. The first-order chi connectivity index (χ1) is 11.3. The molecule has 0 N–H and O–H groups in total. The Hall–Kier alpha value is -1.35. The smallest absolute Gasteiger partial charge is 0.410 e. The Balaban J connectivity index is 2.80. The number of hydrogen-bond donors (Lipinski definition) is 0. The maximum Gasteiger partial charge on any atom is 0.410 e. The first-order valence-electron chi connectivity index (χ1n) is 8.28. The van der Waals surface area contributed by atoms with Crippen LogP contribution in [0.3, 0.4) is 0 Å². The van der Waals surface area contributed by atoms with Crippen molar-refractivity contribution in [3.8, 4) is 0 Å². The third kappa shape index (κ3) is 6.64. The summed E-state index contributed by atoms with van der Waals surface area (Å²) in [6, 6.07) is -1.11. The number of nitrogens with zero attached hydrogens (tertiary/aromatic N) is 1. The van der Waals surface area contributed by atoms with Gasteiger partial charge in [0.25, 0.3) is 10.1 Å². The summed E-state index contributed by atoms with van der Waals surface area (Å²) in [4.78, 5) is 25.7. The summed E-state index contributed by atoms with van der Waals surface area (Å²) in [5, 5.41) is 0. The van der Waals surface area contributed by atoms with Crippen molar-refractivity contribution in [2.45, 2.75) is 58.1 Å². The minimum Gasteiger partial charge on any atom is -0.464 e. The Bertz CT molecular complexity index is 520. The zero-order valence-electron chi connectivity index (χ0n) is 14.5. The van der Waals surface area contributed by atoms with Crippen LogP contribution in [0, 0.1) is 0 Å². The van der Waals surface area contributed by atoms with E-state index in [1.807, 2.05) is 13.8 Å². The Labute approximate surface area is 143 Å². The molecule has 24 heavy (non-hydrogen) atoms. The normalized spacial score (nSPS) is 20.9. The van der Waals surface area contributed by atoms with Crippen molar-refractivity contribution < 1.29 is 31.7 Å². The zero-order chi connectivity index (χ0) is 18.2. The predicted octanol–water partition coefficient (Wildman–Crippen LogP) is 1.69. The molecule has 1 aliphatic heterocycles. The topological polar surface area (TPSA) is 99.2 Å². The molecule has 0 spiro atoms. The third-order valence-electron chi connectivity index (χ3n) is 3.58. The van der Waals surface area contributed by atoms with E-state index in [0.29, 0.717) is 12.8 Å². The van der Waals surface area contributed by atoms with Gasteiger partial charge in [0.05, 0.1) is 19.5 Å². The molecular formula is C15H27NO7S. The van der Waals surface area contributed by atoms with Crippen molar-refractivity contribution in [2.75, 3.05) is 26.0 Å². The number of carbonyl (C=O) groups excluding carboxylic acids is 2. The molecule has 1 amide bonds. The average Bonchev–Trinajstić information content (AvgIpc) is 2.89. The lowest BCUT2D eigenvalue weighted by Crippen LogP contribution is -2.47. The summed E-state index contributed by atoms with van der Waals surface area (Å²) in [6.45, 7) is 4.57. The minimum absolute atomic E-state index is 0.179. The van der Waals surface area contributed by atoms with E-state index in [-0.39, 0.29) is 26.2 Å². The van der Waals surface area contributed by atoms with Crippen LogP contribution < -0.4 is 0 Å². The number of unbranched alkanes of at least 4 members (excludes halogenated alkanes) is 2. The van der Waals surface area contributed by atoms with E-state index < -0.39 is 34.3 Å². The first kappa shape index (κ1) is 20.7. The molecule has 1 rings (SSSR count). The highest BCUT2D eigenvalue weighted by molar-refractivity contribution is 7.86. The second-order valence-electron chi connectivity index (χ2n) is 5.75. The van der Waals surface area contributed by atoms with Crippen LogP contribution in [0.1, 0.15) is 46.0 Å². The fraction of sp³-hybridized carbons (Fsp3) is 0.867. The van der Waals surface area contributed by atoms with Crippen LogP contribution in [-0.4, -0.2) is 63.5 Å². The summed E-state index contributed by atoms with van der Waals surface area (Å²) in [5.41, 5.74) is 0. The molecule has 1 fully saturated rings. The summed E-state index contributed by atoms with van der Waals surface area (Å²) >= 11 is 0. The van der Waals surface area contributed by atoms with Gasteiger partial charge in [0.15, 0.2) is 6.04 Å². The summed E-state index contributed by atoms with van der Waals surface area (Å²) in [7, 11) is -3.76. The molecule has 8 nitrogen and oxygen atoms in total. The summed E-state index contributed by atoms with van der Waals surface area (Å²) in [6.07, 6.45) is 2.66. The third-order valence-corrected chi connectivity index (χ3v) is 4.18. The largest absolute Gasteiger partial charge is 0.464 e. The van der Waals surface area contributed by atoms with Gasteiger partial charge in [-0.25, -0.2) is 9.59 Å². The van der Waals surface area contributed by atoms with E-state index in [0.717, 1.165) is 19.1 Å². The Morgan fingerprint density at radius 1 is 1.08 bits per heavy atom. The van der Waals surface area contributed by atoms with Crippen LogP contribution in [0.25, 0.3) is 0 Å². The molecule has 0 aliphatic carbocycles. The number of ether oxygens (including phenoxy) is 2. The highest BCUT2D eigenvalue weighted by Gasteiger charge is 2.46. The molecular weight excluding hydrogens is 338 g/mol. The van der Waals surface area contributed by atoms with E-state index in [9.17, 15) is 18.0 Å². The molecule has 1 heterocycles. The Kier molecular flexibility index (Phi) is 8.47. The maximum absolute atomic E-state index is 12.3. The number of rotatable bonds is 9. The van der Waals surface area contributed by atoms with Crippen molar-refractivity contribution in [1.82, 2.24) is 4.90 Å². The Morgan fingerprint density at radius 3 is 2.21 bits per heavy atom. The second-order valence-corrected chi connectivity index (χ2v) is 7.36. The van der Waals surface area contributed by atoms with Gasteiger partial charge in [0.1, 0.15) is 6.10 Å². The fourth-order valence-corrected chi connectivity index (χ4v) is 3.01. The van der Waals surface area contributed by atoms with Crippen LogP contribution in [0.2, 0.25) is 0 Å². The van der Waals surface area contributed by atoms with Gasteiger partial charge in [0.2, 0.25) is 0 Å². The standard InChI is InChI=1S/C15H27NO7S/c1-4-6-10-21-14(17)13-12(23-24(3,19)20)8-9-16(13)15(18)22-11-7-5-2/h12-13H,4-11H2,1-3H3/t12-,13-/m0/s1. The molecule has 0 radical (unpaired) electrons. The molecule has 2 atom stereocenters. The van der Waals surface area contributed by atoms with Gasteiger partial charge in [-0.2, -0.15) is 8.42 Å². The van der Waals surface area contributed by atoms with E-state index in [4.69, 9.17) is 13.7 Å². The van der Waals surface area contributed by atoms with Gasteiger partial charge in [0, 0.05) is 6.54 Å². The molecule has 0 saturated carbocycles. The number of amides is 1. The lowest BCUT2D eigenvalue weighted by Gasteiger charge is -2.25. The van der Waals surface area contributed by atoms with E-state index in [1.165, 1.54) is 4.90 Å². The van der Waals surface area contributed by atoms with Gasteiger partial charge >= 0.3 is 12.1 Å². The van der Waals surface area contributed by atoms with Crippen molar-refractivity contribution >= 4 is 22.2 Å². The molecule has 9 heteroatoms. The quantitative estimate of drug-likeness (QED) is 0.348. The van der Waals surface area contributed by atoms with Crippen molar-refractivity contribution in [3.63, 3.8) is 0 Å². The van der Waals surface area contributed by atoms with Crippen LogP contribution in [0.4, 0.5) is 4.79 Å². The number of carbonyl (C=O) groups is 2. The highest BCUT2D eigenvalue weighted by atomic mass is 32.2. The van der Waals surface area contributed by atoms with E-state index in [2.05, 4.69) is 0 Å². The van der Waals surface area contributed by atoms with Crippen molar-refractivity contribution in [3.05, 3.63) is 0 Å². The molecule has 0 aromatic heterocycles. The number of esters is 1. The minimum atomic E-state index is -3.76. The van der Waals surface area contributed by atoms with Gasteiger partial charge in [-0.1, -0.05) is 26.7 Å². The van der Waals surface area contributed by atoms with Gasteiger partial charge in [-0.15, -0.1) is 0 Å². The monoisotopic (exact) mass is 365 g/mol. The molecule has 0 aromatic carbocycles. The lowest BCUT2D eigenvalue weighted by molar-refractivity contribution is -0.150. The molecule has 0 bridgehead atoms. The second kappa shape index (κ2) is 9.83. The van der Waals surface area contributed by atoms with Crippen LogP contribution in [0.15, 0.2) is 0 Å². The van der Waals surface area contributed by atoms with Gasteiger partial charge in [-0.05, 0) is 19.3 Å². The number of hydrogen-bond acceptors (Lipinski definition) is 7. The zero-order valence-corrected chi connectivity index (χ0v) is 15.3. The van der Waals surface area contributed by atoms with Crippen LogP contribution >= 0.6 is 0 Å². The number of likely N-dealkylation sites (tertiary alicyclic amines) is 1. The van der Waals surface area contributed by atoms with Crippen molar-refractivity contribution in [2.24, 2.45) is 0 Å². The first-order valence-corrected chi connectivity index (χ1v) is 10.1. The van der Waals surface area contributed by atoms with E-state index in [1.54, 1.807) is 0 Å². The SMILES string of the molecule is CCCCOC(=O)[C@@H]1[C@@H](OS(C)(=O)=O)CCN1C(=O)OCCCC. The van der Waals surface area contributed by atoms with Crippen molar-refractivity contribution in [1.29, 1.82) is 0 Å². The average molecular weight is 365 g/mol. The molecule has 1 saturated heterocycles. The van der Waals surface area contributed by atoms with Gasteiger partial charge in [-0.3, -0.25) is 9.08 Å². The van der Waals surface area contributed by atoms with Crippen LogP contribution in [-0.2, 0) is 28.6 Å². The Morgan fingerprint density at radius 2 is 1.67 bits per heavy atom. The summed E-state index contributed by atoms with van der Waals surface area (Å²) in [5.74, 6) is -0.665. The summed E-state index contributed by atoms with van der Waals surface area (Å²) < 4.78 is 38.0. The molecule has 0 aromatic rings. The fourth-order valence-electron chi connectivity index (χ4n) is 2.36. The lowest BCUT2D eigenvalue weighted by atomic mass is 10.2. The maximum atomic E-state index is 12.3. The van der Waals surface area contributed by atoms with Crippen LogP contribution in [0.5, 0.6) is 0 Å². The molecule has 1 aliphatic rings. The highest BCUT2D eigenvalue weighted by Crippen LogP contribution is 2.24. The van der Waals surface area contributed by atoms with E-state index >= 15 is 0 Å².